The van der Waals surface area contributed by atoms with Crippen molar-refractivity contribution in [2.45, 2.75) is 32.7 Å². The lowest BCUT2D eigenvalue weighted by molar-refractivity contribution is 0.606. The van der Waals surface area contributed by atoms with Crippen LogP contribution in [0.3, 0.4) is 0 Å². The van der Waals surface area contributed by atoms with E-state index in [1.165, 1.54) is 29.0 Å². The maximum Gasteiger partial charge on any atom is 0.190 e. The number of anilines is 2. The first-order chi connectivity index (χ1) is 9.79. The monoisotopic (exact) mass is 287 g/mol. The highest BCUT2D eigenvalue weighted by Crippen LogP contribution is 2.36. The molecule has 1 N–H and O–H groups in total. The predicted molar refractivity (Wildman–Crippen MR) is 86.0 cm³/mol. The molecule has 0 spiro atoms. The number of benzene rings is 1. The van der Waals surface area contributed by atoms with E-state index in [-0.39, 0.29) is 0 Å². The molecular weight excluding hydrogens is 266 g/mol. The van der Waals surface area contributed by atoms with Crippen LogP contribution < -0.4 is 10.2 Å². The van der Waals surface area contributed by atoms with Crippen molar-refractivity contribution in [1.29, 1.82) is 0 Å². The zero-order valence-corrected chi connectivity index (χ0v) is 12.9. The van der Waals surface area contributed by atoms with Crippen molar-refractivity contribution in [1.82, 2.24) is 10.3 Å². The first kappa shape index (κ1) is 13.6. The Morgan fingerprint density at radius 2 is 2.25 bits per heavy atom. The van der Waals surface area contributed by atoms with Crippen molar-refractivity contribution in [3.05, 3.63) is 40.9 Å². The van der Waals surface area contributed by atoms with Gasteiger partial charge in [-0.25, -0.2) is 4.98 Å². The van der Waals surface area contributed by atoms with Crippen LogP contribution in [0.25, 0.3) is 0 Å². The minimum absolute atomic E-state index is 0.381. The fraction of sp³-hybridized carbons (Fsp3) is 0.438. The maximum atomic E-state index is 4.65. The highest BCUT2D eigenvalue weighted by Gasteiger charge is 2.21. The molecular formula is C16H21N3S. The van der Waals surface area contributed by atoms with Gasteiger partial charge in [0.05, 0.1) is 0 Å². The Balaban J connectivity index is 1.87. The Morgan fingerprint density at radius 1 is 1.40 bits per heavy atom. The molecule has 1 atom stereocenters. The lowest BCUT2D eigenvalue weighted by Crippen LogP contribution is -2.24. The first-order valence-corrected chi connectivity index (χ1v) is 8.15. The predicted octanol–water partition coefficient (Wildman–Crippen LogP) is 3.90. The average molecular weight is 287 g/mol. The van der Waals surface area contributed by atoms with Gasteiger partial charge in [-0.3, -0.25) is 0 Å². The van der Waals surface area contributed by atoms with Gasteiger partial charge in [-0.05, 0) is 37.9 Å². The summed E-state index contributed by atoms with van der Waals surface area (Å²) in [6, 6.07) is 9.07. The molecule has 106 valence electrons. The van der Waals surface area contributed by atoms with E-state index >= 15 is 0 Å². The molecule has 0 saturated heterocycles. The average Bonchev–Trinajstić information content (AvgIpc) is 2.97. The summed E-state index contributed by atoms with van der Waals surface area (Å²) >= 11 is 1.80. The summed E-state index contributed by atoms with van der Waals surface area (Å²) in [7, 11) is 0. The minimum atomic E-state index is 0.381. The van der Waals surface area contributed by atoms with Crippen LogP contribution in [-0.2, 0) is 6.42 Å². The third-order valence-corrected chi connectivity index (χ3v) is 4.99. The molecule has 1 aliphatic rings. The molecule has 1 unspecified atom stereocenters. The number of nitrogens with one attached hydrogen (secondary N) is 1. The van der Waals surface area contributed by atoms with Crippen LogP contribution in [0.4, 0.5) is 10.8 Å². The van der Waals surface area contributed by atoms with Gasteiger partial charge in [0.15, 0.2) is 5.13 Å². The Kier molecular flexibility index (Phi) is 4.03. The van der Waals surface area contributed by atoms with E-state index in [4.69, 9.17) is 0 Å². The number of rotatable bonds is 4. The second kappa shape index (κ2) is 5.94. The van der Waals surface area contributed by atoms with Crippen molar-refractivity contribution in [2.24, 2.45) is 0 Å². The Hall–Kier alpha value is -1.39. The number of hydrogen-bond acceptors (Lipinski definition) is 4. The summed E-state index contributed by atoms with van der Waals surface area (Å²) in [6.07, 6.45) is 4.40. The van der Waals surface area contributed by atoms with Crippen LogP contribution in [0, 0.1) is 0 Å². The zero-order valence-electron chi connectivity index (χ0n) is 12.1. The fourth-order valence-corrected chi connectivity index (χ4v) is 3.72. The number of hydrogen-bond donors (Lipinski definition) is 1. The lowest BCUT2D eigenvalue weighted by atomic mass is 10.0. The largest absolute Gasteiger partial charge is 0.318 e. The summed E-state index contributed by atoms with van der Waals surface area (Å²) in [5, 5.41) is 4.57. The number of para-hydroxylation sites is 1. The van der Waals surface area contributed by atoms with Crippen LogP contribution in [0.2, 0.25) is 0 Å². The van der Waals surface area contributed by atoms with Crippen molar-refractivity contribution in [3.8, 4) is 0 Å². The van der Waals surface area contributed by atoms with E-state index in [9.17, 15) is 0 Å². The maximum absolute atomic E-state index is 4.65. The third kappa shape index (κ3) is 2.58. The zero-order chi connectivity index (χ0) is 13.9. The van der Waals surface area contributed by atoms with E-state index in [2.05, 4.69) is 53.3 Å². The SMILES string of the molecule is CCNC(C)c1cnc(N2CCCc3ccccc32)s1. The van der Waals surface area contributed by atoms with Crippen molar-refractivity contribution in [2.75, 3.05) is 18.0 Å². The van der Waals surface area contributed by atoms with Gasteiger partial charge in [0.1, 0.15) is 0 Å². The van der Waals surface area contributed by atoms with Gasteiger partial charge in [0.25, 0.3) is 0 Å². The van der Waals surface area contributed by atoms with Crippen LogP contribution in [0.5, 0.6) is 0 Å². The van der Waals surface area contributed by atoms with E-state index in [1.807, 2.05) is 6.20 Å². The fourth-order valence-electron chi connectivity index (χ4n) is 2.74. The number of aryl methyl sites for hydroxylation is 1. The van der Waals surface area contributed by atoms with Gasteiger partial charge in [-0.1, -0.05) is 36.5 Å². The van der Waals surface area contributed by atoms with Gasteiger partial charge >= 0.3 is 0 Å². The number of nitrogens with zero attached hydrogens (tertiary/aromatic N) is 2. The van der Waals surface area contributed by atoms with Crippen LogP contribution in [0.1, 0.15) is 36.8 Å². The number of thiazole rings is 1. The molecule has 1 aliphatic heterocycles. The van der Waals surface area contributed by atoms with Crippen molar-refractivity contribution >= 4 is 22.2 Å². The lowest BCUT2D eigenvalue weighted by Gasteiger charge is -2.29. The summed E-state index contributed by atoms with van der Waals surface area (Å²) < 4.78 is 0. The molecule has 1 aromatic carbocycles. The highest BCUT2D eigenvalue weighted by atomic mass is 32.1. The summed E-state index contributed by atoms with van der Waals surface area (Å²) in [6.45, 7) is 6.39. The second-order valence-corrected chi connectivity index (χ2v) is 6.25. The van der Waals surface area contributed by atoms with Crippen LogP contribution >= 0.6 is 11.3 Å². The van der Waals surface area contributed by atoms with Gasteiger partial charge in [-0.2, -0.15) is 0 Å². The van der Waals surface area contributed by atoms with E-state index in [0.717, 1.165) is 18.2 Å². The van der Waals surface area contributed by atoms with E-state index in [1.54, 1.807) is 11.3 Å². The molecule has 0 fully saturated rings. The smallest absolute Gasteiger partial charge is 0.190 e. The standard InChI is InChI=1S/C16H21N3S/c1-3-17-12(2)15-11-18-16(20-15)19-10-6-8-13-7-4-5-9-14(13)19/h4-5,7,9,11-12,17H,3,6,8,10H2,1-2H3. The second-order valence-electron chi connectivity index (χ2n) is 5.21. The molecule has 0 bridgehead atoms. The van der Waals surface area contributed by atoms with Crippen LogP contribution in [0.15, 0.2) is 30.5 Å². The molecule has 3 rings (SSSR count). The van der Waals surface area contributed by atoms with E-state index in [0.29, 0.717) is 6.04 Å². The normalized spacial score (nSPS) is 16.0. The number of aromatic nitrogens is 1. The minimum Gasteiger partial charge on any atom is -0.318 e. The molecule has 0 amide bonds. The molecule has 0 saturated carbocycles. The molecule has 1 aromatic heterocycles. The van der Waals surface area contributed by atoms with Gasteiger partial charge in [0, 0.05) is 29.3 Å². The first-order valence-electron chi connectivity index (χ1n) is 7.34. The van der Waals surface area contributed by atoms with E-state index < -0.39 is 0 Å². The summed E-state index contributed by atoms with van der Waals surface area (Å²) in [5.74, 6) is 0. The van der Waals surface area contributed by atoms with Gasteiger partial charge < -0.3 is 10.2 Å². The van der Waals surface area contributed by atoms with Crippen molar-refractivity contribution in [3.63, 3.8) is 0 Å². The Bertz CT molecular complexity index is 579. The Morgan fingerprint density at radius 3 is 3.10 bits per heavy atom. The summed E-state index contributed by atoms with van der Waals surface area (Å²) in [4.78, 5) is 8.32. The van der Waals surface area contributed by atoms with Gasteiger partial charge in [-0.15, -0.1) is 0 Å². The topological polar surface area (TPSA) is 28.2 Å². The summed E-state index contributed by atoms with van der Waals surface area (Å²) in [5.41, 5.74) is 2.77. The van der Waals surface area contributed by atoms with Crippen LogP contribution in [-0.4, -0.2) is 18.1 Å². The highest BCUT2D eigenvalue weighted by molar-refractivity contribution is 7.15. The number of fused-ring (bicyclic) bond motifs is 1. The third-order valence-electron chi connectivity index (χ3n) is 3.79. The molecule has 3 nitrogen and oxygen atoms in total. The van der Waals surface area contributed by atoms with Crippen molar-refractivity contribution < 1.29 is 0 Å². The molecule has 2 aromatic rings. The quantitative estimate of drug-likeness (QED) is 0.924. The molecule has 4 heteroatoms. The molecule has 2 heterocycles. The van der Waals surface area contributed by atoms with Gasteiger partial charge in [0.2, 0.25) is 0 Å². The molecule has 0 aliphatic carbocycles. The Labute approximate surface area is 124 Å². The molecule has 0 radical (unpaired) electrons. The molecule has 20 heavy (non-hydrogen) atoms.